The summed E-state index contributed by atoms with van der Waals surface area (Å²) in [5, 5.41) is 3.35. The highest BCUT2D eigenvalue weighted by Gasteiger charge is 2.13. The lowest BCUT2D eigenvalue weighted by Gasteiger charge is -2.24. The van der Waals surface area contributed by atoms with Crippen molar-refractivity contribution in [2.45, 2.75) is 18.9 Å². The average Bonchev–Trinajstić information content (AvgIpc) is 2.72. The first-order valence-corrected chi connectivity index (χ1v) is 5.65. The van der Waals surface area contributed by atoms with E-state index in [1.165, 1.54) is 12.8 Å². The Kier molecular flexibility index (Phi) is 3.98. The monoisotopic (exact) mass is 196 g/mol. The molecule has 0 aromatic heterocycles. The van der Waals surface area contributed by atoms with E-state index >= 15 is 0 Å². The molecule has 0 aliphatic carbocycles. The summed E-state index contributed by atoms with van der Waals surface area (Å²) in [4.78, 5) is 2.40. The molecule has 0 aromatic carbocycles. The summed E-state index contributed by atoms with van der Waals surface area (Å²) in [6.07, 6.45) is 7.32. The molecule has 0 spiro atoms. The Balaban J connectivity index is 1.53. The maximum atomic E-state index is 5.84. The average molecular weight is 196 g/mol. The molecule has 0 atom stereocenters. The van der Waals surface area contributed by atoms with Crippen LogP contribution in [0.3, 0.4) is 0 Å². The van der Waals surface area contributed by atoms with Gasteiger partial charge in [-0.3, -0.25) is 4.90 Å². The van der Waals surface area contributed by atoms with Gasteiger partial charge in [0.25, 0.3) is 0 Å². The molecule has 3 nitrogen and oxygen atoms in total. The zero-order valence-corrected chi connectivity index (χ0v) is 8.74. The van der Waals surface area contributed by atoms with E-state index in [2.05, 4.69) is 22.4 Å². The molecule has 0 bridgehead atoms. The van der Waals surface area contributed by atoms with Crippen molar-refractivity contribution in [1.29, 1.82) is 0 Å². The molecule has 2 heterocycles. The maximum Gasteiger partial charge on any atom is 0.0600 e. The number of rotatable bonds is 4. The molecule has 2 aliphatic rings. The SMILES string of the molecule is C1=CCN(CCOC2CCNCC2)C1. The third kappa shape index (κ3) is 3.08. The number of hydrogen-bond acceptors (Lipinski definition) is 3. The van der Waals surface area contributed by atoms with E-state index in [9.17, 15) is 0 Å². The van der Waals surface area contributed by atoms with Crippen molar-refractivity contribution in [3.05, 3.63) is 12.2 Å². The van der Waals surface area contributed by atoms with Crippen molar-refractivity contribution in [2.24, 2.45) is 0 Å². The molecule has 0 saturated carbocycles. The second kappa shape index (κ2) is 5.49. The van der Waals surface area contributed by atoms with Gasteiger partial charge in [0.15, 0.2) is 0 Å². The quantitative estimate of drug-likeness (QED) is 0.667. The smallest absolute Gasteiger partial charge is 0.0600 e. The fourth-order valence-electron chi connectivity index (χ4n) is 2.01. The van der Waals surface area contributed by atoms with Crippen LogP contribution >= 0.6 is 0 Å². The Hall–Kier alpha value is -0.380. The Morgan fingerprint density at radius 2 is 1.93 bits per heavy atom. The van der Waals surface area contributed by atoms with Gasteiger partial charge in [0, 0.05) is 19.6 Å². The molecule has 0 amide bonds. The number of nitrogens with zero attached hydrogens (tertiary/aromatic N) is 1. The second-order valence-electron chi connectivity index (χ2n) is 4.05. The Labute approximate surface area is 86.1 Å². The molecular weight excluding hydrogens is 176 g/mol. The fraction of sp³-hybridized carbons (Fsp3) is 0.818. The molecule has 14 heavy (non-hydrogen) atoms. The predicted molar refractivity (Wildman–Crippen MR) is 57.4 cm³/mol. The van der Waals surface area contributed by atoms with Crippen LogP contribution in [-0.4, -0.2) is 50.3 Å². The minimum Gasteiger partial charge on any atom is -0.377 e. The summed E-state index contributed by atoms with van der Waals surface area (Å²) >= 11 is 0. The van der Waals surface area contributed by atoms with Gasteiger partial charge in [-0.2, -0.15) is 0 Å². The predicted octanol–water partition coefficient (Wildman–Crippen LogP) is 0.627. The van der Waals surface area contributed by atoms with Gasteiger partial charge >= 0.3 is 0 Å². The van der Waals surface area contributed by atoms with E-state index in [1.807, 2.05) is 0 Å². The molecular formula is C11H20N2O. The van der Waals surface area contributed by atoms with Crippen LogP contribution in [0.1, 0.15) is 12.8 Å². The van der Waals surface area contributed by atoms with Gasteiger partial charge in [0.2, 0.25) is 0 Å². The van der Waals surface area contributed by atoms with Gasteiger partial charge in [-0.1, -0.05) is 12.2 Å². The van der Waals surface area contributed by atoms with E-state index in [0.717, 1.165) is 39.3 Å². The highest BCUT2D eigenvalue weighted by Crippen LogP contribution is 2.07. The first kappa shape index (κ1) is 10.1. The lowest BCUT2D eigenvalue weighted by Crippen LogP contribution is -2.34. The van der Waals surface area contributed by atoms with Crippen molar-refractivity contribution in [3.63, 3.8) is 0 Å². The van der Waals surface area contributed by atoms with E-state index in [1.54, 1.807) is 0 Å². The molecule has 1 fully saturated rings. The van der Waals surface area contributed by atoms with Crippen LogP contribution in [0.15, 0.2) is 12.2 Å². The molecule has 0 aromatic rings. The lowest BCUT2D eigenvalue weighted by atomic mass is 10.1. The van der Waals surface area contributed by atoms with Crippen molar-refractivity contribution in [3.8, 4) is 0 Å². The third-order valence-electron chi connectivity index (χ3n) is 2.94. The molecule has 0 radical (unpaired) electrons. The summed E-state index contributed by atoms with van der Waals surface area (Å²) in [5.41, 5.74) is 0. The van der Waals surface area contributed by atoms with Crippen molar-refractivity contribution in [1.82, 2.24) is 10.2 Å². The van der Waals surface area contributed by atoms with Crippen molar-refractivity contribution >= 4 is 0 Å². The van der Waals surface area contributed by atoms with Crippen LogP contribution in [0.25, 0.3) is 0 Å². The van der Waals surface area contributed by atoms with E-state index < -0.39 is 0 Å². The van der Waals surface area contributed by atoms with Gasteiger partial charge in [-0.05, 0) is 25.9 Å². The molecule has 1 saturated heterocycles. The standard InChI is InChI=1S/C11H20N2O/c1-2-8-13(7-1)9-10-14-11-3-5-12-6-4-11/h1-2,11-12H,3-10H2. The van der Waals surface area contributed by atoms with Gasteiger partial charge in [-0.15, -0.1) is 0 Å². The number of piperidine rings is 1. The molecule has 1 N–H and O–H groups in total. The van der Waals surface area contributed by atoms with Crippen molar-refractivity contribution in [2.75, 3.05) is 39.3 Å². The Morgan fingerprint density at radius 3 is 2.64 bits per heavy atom. The third-order valence-corrected chi connectivity index (χ3v) is 2.94. The van der Waals surface area contributed by atoms with Crippen LogP contribution in [0.4, 0.5) is 0 Å². The summed E-state index contributed by atoms with van der Waals surface area (Å²) in [6, 6.07) is 0. The lowest BCUT2D eigenvalue weighted by molar-refractivity contribution is 0.0235. The zero-order valence-electron chi connectivity index (χ0n) is 8.74. The summed E-state index contributed by atoms with van der Waals surface area (Å²) < 4.78 is 5.84. The van der Waals surface area contributed by atoms with Crippen LogP contribution in [0, 0.1) is 0 Å². The number of nitrogens with one attached hydrogen (secondary N) is 1. The number of ether oxygens (including phenoxy) is 1. The van der Waals surface area contributed by atoms with Gasteiger partial charge < -0.3 is 10.1 Å². The van der Waals surface area contributed by atoms with Gasteiger partial charge in [-0.25, -0.2) is 0 Å². The highest BCUT2D eigenvalue weighted by atomic mass is 16.5. The first-order valence-electron chi connectivity index (χ1n) is 5.65. The molecule has 0 unspecified atom stereocenters. The Bertz CT molecular complexity index is 180. The van der Waals surface area contributed by atoms with Crippen molar-refractivity contribution < 1.29 is 4.74 Å². The van der Waals surface area contributed by atoms with Crippen LogP contribution in [0.2, 0.25) is 0 Å². The Morgan fingerprint density at radius 1 is 1.21 bits per heavy atom. The second-order valence-corrected chi connectivity index (χ2v) is 4.05. The van der Waals surface area contributed by atoms with Gasteiger partial charge in [0.1, 0.15) is 0 Å². The van der Waals surface area contributed by atoms with Gasteiger partial charge in [0.05, 0.1) is 12.7 Å². The van der Waals surface area contributed by atoms with Crippen LogP contribution in [-0.2, 0) is 4.74 Å². The molecule has 2 rings (SSSR count). The summed E-state index contributed by atoms with van der Waals surface area (Å²) in [6.45, 7) is 6.43. The van der Waals surface area contributed by atoms with E-state index in [-0.39, 0.29) is 0 Å². The van der Waals surface area contributed by atoms with E-state index in [0.29, 0.717) is 6.10 Å². The van der Waals surface area contributed by atoms with E-state index in [4.69, 9.17) is 4.74 Å². The first-order chi connectivity index (χ1) is 6.95. The number of hydrogen-bond donors (Lipinski definition) is 1. The minimum atomic E-state index is 0.506. The maximum absolute atomic E-state index is 5.84. The zero-order chi connectivity index (χ0) is 9.64. The minimum absolute atomic E-state index is 0.506. The largest absolute Gasteiger partial charge is 0.377 e. The molecule has 2 aliphatic heterocycles. The topological polar surface area (TPSA) is 24.5 Å². The summed E-state index contributed by atoms with van der Waals surface area (Å²) in [5.74, 6) is 0. The molecule has 80 valence electrons. The fourth-order valence-corrected chi connectivity index (χ4v) is 2.01. The summed E-state index contributed by atoms with van der Waals surface area (Å²) in [7, 11) is 0. The van der Waals surface area contributed by atoms with Crippen LogP contribution < -0.4 is 5.32 Å². The molecule has 3 heteroatoms. The normalized spacial score (nSPS) is 24.6. The highest BCUT2D eigenvalue weighted by molar-refractivity contribution is 4.94. The van der Waals surface area contributed by atoms with Crippen LogP contribution in [0.5, 0.6) is 0 Å².